The van der Waals surface area contributed by atoms with Crippen molar-refractivity contribution in [1.29, 1.82) is 0 Å². The fourth-order valence-electron chi connectivity index (χ4n) is 3.35. The number of aromatic nitrogens is 2. The molecule has 2 amide bonds. The van der Waals surface area contributed by atoms with Crippen molar-refractivity contribution in [2.45, 2.75) is 13.0 Å². The minimum Gasteiger partial charge on any atom is -0.338 e. The van der Waals surface area contributed by atoms with Crippen molar-refractivity contribution in [3.63, 3.8) is 0 Å². The number of nitrogens with one attached hydrogen (secondary N) is 2. The zero-order chi connectivity index (χ0) is 20.2. The van der Waals surface area contributed by atoms with E-state index in [0.717, 1.165) is 6.42 Å². The summed E-state index contributed by atoms with van der Waals surface area (Å²) >= 11 is 0. The van der Waals surface area contributed by atoms with Crippen LogP contribution in [0.2, 0.25) is 0 Å². The second kappa shape index (κ2) is 8.14. The SMILES string of the molecule is CN(Cc1nc2ccccc2c(=O)[nH]1)C(=O)NCCc1ccc2ccccc2c1. The van der Waals surface area contributed by atoms with Crippen LogP contribution in [0.3, 0.4) is 0 Å². The zero-order valence-corrected chi connectivity index (χ0v) is 16.2. The molecule has 29 heavy (non-hydrogen) atoms. The van der Waals surface area contributed by atoms with Gasteiger partial charge in [-0.3, -0.25) is 4.79 Å². The standard InChI is InChI=1S/C23H22N4O2/c1-27(15-21-25-20-9-5-4-8-19(20)22(28)26-21)23(29)24-13-12-16-10-11-17-6-2-3-7-18(17)14-16/h2-11,14H,12-13,15H2,1H3,(H,24,29)(H,25,26,28). The molecule has 1 heterocycles. The van der Waals surface area contributed by atoms with Gasteiger partial charge in [0.05, 0.1) is 17.4 Å². The zero-order valence-electron chi connectivity index (χ0n) is 16.2. The molecule has 0 aliphatic carbocycles. The van der Waals surface area contributed by atoms with Crippen molar-refractivity contribution >= 4 is 27.7 Å². The Morgan fingerprint density at radius 1 is 1.03 bits per heavy atom. The van der Waals surface area contributed by atoms with Crippen LogP contribution in [0.1, 0.15) is 11.4 Å². The number of aromatic amines is 1. The van der Waals surface area contributed by atoms with E-state index in [1.165, 1.54) is 21.2 Å². The Balaban J connectivity index is 1.35. The largest absolute Gasteiger partial charge is 0.338 e. The number of para-hydroxylation sites is 1. The van der Waals surface area contributed by atoms with Gasteiger partial charge in [0, 0.05) is 13.6 Å². The predicted molar refractivity (Wildman–Crippen MR) is 115 cm³/mol. The number of hydrogen-bond donors (Lipinski definition) is 2. The summed E-state index contributed by atoms with van der Waals surface area (Å²) in [6.45, 7) is 0.755. The van der Waals surface area contributed by atoms with Crippen LogP contribution in [0, 0.1) is 0 Å². The van der Waals surface area contributed by atoms with E-state index in [2.05, 4.69) is 45.6 Å². The van der Waals surface area contributed by atoms with E-state index in [1.807, 2.05) is 18.2 Å². The Kier molecular flexibility index (Phi) is 5.24. The van der Waals surface area contributed by atoms with E-state index in [-0.39, 0.29) is 18.1 Å². The topological polar surface area (TPSA) is 78.1 Å². The van der Waals surface area contributed by atoms with Crippen LogP contribution in [0.25, 0.3) is 21.7 Å². The predicted octanol–water partition coefficient (Wildman–Crippen LogP) is 3.46. The minimum absolute atomic E-state index is 0.198. The van der Waals surface area contributed by atoms with Crippen molar-refractivity contribution in [1.82, 2.24) is 20.2 Å². The lowest BCUT2D eigenvalue weighted by Crippen LogP contribution is -2.38. The van der Waals surface area contributed by atoms with Gasteiger partial charge in [-0.15, -0.1) is 0 Å². The molecule has 6 nitrogen and oxygen atoms in total. The van der Waals surface area contributed by atoms with Crippen LogP contribution >= 0.6 is 0 Å². The Hall–Kier alpha value is -3.67. The van der Waals surface area contributed by atoms with Gasteiger partial charge in [0.1, 0.15) is 5.82 Å². The smallest absolute Gasteiger partial charge is 0.317 e. The van der Waals surface area contributed by atoms with Gasteiger partial charge >= 0.3 is 6.03 Å². The number of amides is 2. The molecule has 0 aliphatic rings. The van der Waals surface area contributed by atoms with Gasteiger partial charge in [-0.25, -0.2) is 9.78 Å². The quantitative estimate of drug-likeness (QED) is 0.551. The number of carbonyl (C=O) groups is 1. The number of urea groups is 1. The highest BCUT2D eigenvalue weighted by atomic mass is 16.2. The molecule has 1 aromatic heterocycles. The van der Waals surface area contributed by atoms with Gasteiger partial charge in [-0.2, -0.15) is 0 Å². The van der Waals surface area contributed by atoms with Gasteiger partial charge in [-0.05, 0) is 34.9 Å². The Morgan fingerprint density at radius 2 is 1.79 bits per heavy atom. The summed E-state index contributed by atoms with van der Waals surface area (Å²) in [5.41, 5.74) is 1.60. The Morgan fingerprint density at radius 3 is 2.66 bits per heavy atom. The van der Waals surface area contributed by atoms with Gasteiger partial charge in [0.2, 0.25) is 0 Å². The lowest BCUT2D eigenvalue weighted by molar-refractivity contribution is 0.206. The average Bonchev–Trinajstić information content (AvgIpc) is 2.73. The first-order valence-corrected chi connectivity index (χ1v) is 9.55. The molecule has 0 aliphatic heterocycles. The molecule has 0 saturated carbocycles. The highest BCUT2D eigenvalue weighted by Crippen LogP contribution is 2.15. The van der Waals surface area contributed by atoms with E-state index in [9.17, 15) is 9.59 Å². The number of rotatable bonds is 5. The van der Waals surface area contributed by atoms with E-state index < -0.39 is 0 Å². The first kappa shape index (κ1) is 18.7. The molecule has 0 bridgehead atoms. The highest BCUT2D eigenvalue weighted by Gasteiger charge is 2.11. The molecule has 0 atom stereocenters. The molecule has 0 saturated heterocycles. The summed E-state index contributed by atoms with van der Waals surface area (Å²) in [7, 11) is 1.68. The molecule has 4 aromatic rings. The Labute approximate surface area is 168 Å². The summed E-state index contributed by atoms with van der Waals surface area (Å²) in [6.07, 6.45) is 0.746. The summed E-state index contributed by atoms with van der Waals surface area (Å²) in [6, 6.07) is 21.5. The van der Waals surface area contributed by atoms with Crippen LogP contribution in [-0.2, 0) is 13.0 Å². The maximum absolute atomic E-state index is 12.4. The van der Waals surface area contributed by atoms with Gasteiger partial charge in [0.15, 0.2) is 0 Å². The van der Waals surface area contributed by atoms with Crippen molar-refractivity contribution in [2.24, 2.45) is 0 Å². The van der Waals surface area contributed by atoms with Crippen molar-refractivity contribution in [3.8, 4) is 0 Å². The second-order valence-electron chi connectivity index (χ2n) is 7.05. The molecule has 0 radical (unpaired) electrons. The van der Waals surface area contributed by atoms with E-state index in [0.29, 0.717) is 23.3 Å². The number of fused-ring (bicyclic) bond motifs is 2. The van der Waals surface area contributed by atoms with E-state index in [4.69, 9.17) is 0 Å². The third kappa shape index (κ3) is 4.27. The van der Waals surface area contributed by atoms with E-state index in [1.54, 1.807) is 25.2 Å². The van der Waals surface area contributed by atoms with Crippen molar-refractivity contribution in [2.75, 3.05) is 13.6 Å². The maximum atomic E-state index is 12.4. The maximum Gasteiger partial charge on any atom is 0.317 e. The number of hydrogen-bond acceptors (Lipinski definition) is 3. The van der Waals surface area contributed by atoms with Crippen LogP contribution < -0.4 is 10.9 Å². The monoisotopic (exact) mass is 386 g/mol. The third-order valence-corrected chi connectivity index (χ3v) is 4.90. The molecule has 0 unspecified atom stereocenters. The van der Waals surface area contributed by atoms with E-state index >= 15 is 0 Å². The van der Waals surface area contributed by atoms with Gasteiger partial charge in [-0.1, -0.05) is 54.6 Å². The minimum atomic E-state index is -0.207. The molecule has 4 rings (SSSR count). The van der Waals surface area contributed by atoms with Crippen LogP contribution in [0.15, 0.2) is 71.5 Å². The summed E-state index contributed by atoms with van der Waals surface area (Å²) in [5, 5.41) is 5.86. The molecule has 0 fully saturated rings. The molecule has 146 valence electrons. The summed E-state index contributed by atoms with van der Waals surface area (Å²) in [4.78, 5) is 33.2. The number of nitrogens with zero attached hydrogens (tertiary/aromatic N) is 2. The van der Waals surface area contributed by atoms with Crippen LogP contribution in [0.5, 0.6) is 0 Å². The highest BCUT2D eigenvalue weighted by molar-refractivity contribution is 5.83. The van der Waals surface area contributed by atoms with Crippen molar-refractivity contribution < 1.29 is 4.79 Å². The molecule has 2 N–H and O–H groups in total. The fourth-order valence-corrected chi connectivity index (χ4v) is 3.35. The number of H-pyrrole nitrogens is 1. The molecule has 6 heteroatoms. The molecular weight excluding hydrogens is 364 g/mol. The van der Waals surface area contributed by atoms with Gasteiger partial charge < -0.3 is 15.2 Å². The number of benzene rings is 3. The van der Waals surface area contributed by atoms with Crippen LogP contribution in [0.4, 0.5) is 4.79 Å². The Bertz CT molecular complexity index is 1230. The fraction of sp³-hybridized carbons (Fsp3) is 0.174. The normalized spacial score (nSPS) is 10.9. The molecule has 3 aromatic carbocycles. The van der Waals surface area contributed by atoms with Crippen molar-refractivity contribution in [3.05, 3.63) is 88.5 Å². The lowest BCUT2D eigenvalue weighted by atomic mass is 10.1. The molecular formula is C23H22N4O2. The number of carbonyl (C=O) groups excluding carboxylic acids is 1. The summed E-state index contributed by atoms with van der Waals surface area (Å²) in [5.74, 6) is 0.459. The molecule has 0 spiro atoms. The first-order valence-electron chi connectivity index (χ1n) is 9.55. The lowest BCUT2D eigenvalue weighted by Gasteiger charge is -2.17. The van der Waals surface area contributed by atoms with Gasteiger partial charge in [0.25, 0.3) is 5.56 Å². The second-order valence-corrected chi connectivity index (χ2v) is 7.05. The summed E-state index contributed by atoms with van der Waals surface area (Å²) < 4.78 is 0. The average molecular weight is 386 g/mol. The third-order valence-electron chi connectivity index (χ3n) is 4.90. The first-order chi connectivity index (χ1) is 14.1. The van der Waals surface area contributed by atoms with Crippen LogP contribution in [-0.4, -0.2) is 34.5 Å².